The van der Waals surface area contributed by atoms with Gasteiger partial charge in [-0.15, -0.1) is 0 Å². The van der Waals surface area contributed by atoms with E-state index < -0.39 is 0 Å². The van der Waals surface area contributed by atoms with E-state index in [1.54, 1.807) is 35.0 Å². The largest absolute Gasteiger partial charge is 0.326 e. The van der Waals surface area contributed by atoms with Crippen molar-refractivity contribution in [3.8, 4) is 5.69 Å². The first-order chi connectivity index (χ1) is 13.9. The number of carbonyl (C=O) groups is 2. The fourth-order valence-corrected chi connectivity index (χ4v) is 3.66. The number of aromatic nitrogens is 2. The van der Waals surface area contributed by atoms with Crippen molar-refractivity contribution in [2.75, 3.05) is 10.6 Å². The number of hydrogen-bond acceptors (Lipinski definition) is 3. The summed E-state index contributed by atoms with van der Waals surface area (Å²) in [5, 5.41) is 10.1. The Kier molecular flexibility index (Phi) is 4.88. The Morgan fingerprint density at radius 1 is 1.10 bits per heavy atom. The molecule has 2 amide bonds. The van der Waals surface area contributed by atoms with Crippen LogP contribution in [0.4, 0.5) is 15.8 Å². The molecule has 6 nitrogen and oxygen atoms in total. The molecule has 148 valence electrons. The smallest absolute Gasteiger partial charge is 0.276 e. The number of nitrogens with one attached hydrogen (secondary N) is 2. The Balaban J connectivity index is 1.68. The maximum atomic E-state index is 14.3. The Morgan fingerprint density at radius 3 is 2.66 bits per heavy atom. The molecule has 0 radical (unpaired) electrons. The number of fused-ring (bicyclic) bond motifs is 1. The second-order valence-corrected chi connectivity index (χ2v) is 7.16. The average Bonchev–Trinajstić information content (AvgIpc) is 3.27. The Bertz CT molecular complexity index is 1120. The molecule has 29 heavy (non-hydrogen) atoms. The molecular weight excluding hydrogens is 371 g/mol. The van der Waals surface area contributed by atoms with E-state index in [-0.39, 0.29) is 17.6 Å². The van der Waals surface area contributed by atoms with E-state index in [0.29, 0.717) is 22.8 Å². The van der Waals surface area contributed by atoms with Crippen molar-refractivity contribution in [3.63, 3.8) is 0 Å². The molecule has 4 rings (SSSR count). The number of rotatable bonds is 4. The normalized spacial score (nSPS) is 12.5. The molecule has 0 saturated carbocycles. The maximum Gasteiger partial charge on any atom is 0.276 e. The molecule has 0 aliphatic heterocycles. The summed E-state index contributed by atoms with van der Waals surface area (Å²) in [5.41, 5.74) is 4.44. The number of benzene rings is 2. The molecule has 0 atom stereocenters. The summed E-state index contributed by atoms with van der Waals surface area (Å²) in [4.78, 5) is 24.3. The average molecular weight is 392 g/mol. The van der Waals surface area contributed by atoms with Gasteiger partial charge in [0.25, 0.3) is 5.91 Å². The second-order valence-electron chi connectivity index (χ2n) is 7.16. The van der Waals surface area contributed by atoms with Crippen LogP contribution in [0, 0.1) is 12.7 Å². The van der Waals surface area contributed by atoms with Crippen molar-refractivity contribution in [2.24, 2.45) is 0 Å². The third-order valence-corrected chi connectivity index (χ3v) is 5.03. The summed E-state index contributed by atoms with van der Waals surface area (Å²) in [5.74, 6) is -0.913. The van der Waals surface area contributed by atoms with E-state index in [0.717, 1.165) is 36.1 Å². The van der Waals surface area contributed by atoms with Crippen LogP contribution in [0.5, 0.6) is 0 Å². The number of para-hydroxylation sites is 1. The molecule has 1 heterocycles. The maximum absolute atomic E-state index is 14.3. The second kappa shape index (κ2) is 7.50. The van der Waals surface area contributed by atoms with Gasteiger partial charge in [0.15, 0.2) is 5.69 Å². The van der Waals surface area contributed by atoms with Crippen molar-refractivity contribution >= 4 is 23.2 Å². The van der Waals surface area contributed by atoms with Crippen LogP contribution in [0.15, 0.2) is 42.5 Å². The molecule has 0 saturated heterocycles. The number of amides is 2. The third kappa shape index (κ3) is 3.63. The molecule has 0 unspecified atom stereocenters. The molecular formula is C22H21FN4O2. The molecule has 3 aromatic rings. The summed E-state index contributed by atoms with van der Waals surface area (Å²) in [6, 6.07) is 11.7. The zero-order chi connectivity index (χ0) is 20.5. The molecule has 7 heteroatoms. The lowest BCUT2D eigenvalue weighted by molar-refractivity contribution is -0.114. The first-order valence-electron chi connectivity index (χ1n) is 9.49. The lowest BCUT2D eigenvalue weighted by Crippen LogP contribution is -2.16. The fraction of sp³-hybridized carbons (Fsp3) is 0.227. The number of carbonyl (C=O) groups excluding carboxylic acids is 2. The number of halogens is 1. The number of aryl methyl sites for hydroxylation is 1. The monoisotopic (exact) mass is 392 g/mol. The van der Waals surface area contributed by atoms with Crippen LogP contribution in [-0.2, 0) is 17.6 Å². The van der Waals surface area contributed by atoms with Crippen molar-refractivity contribution in [2.45, 2.75) is 33.1 Å². The highest BCUT2D eigenvalue weighted by Crippen LogP contribution is 2.29. The summed E-state index contributed by atoms with van der Waals surface area (Å²) in [6.07, 6.45) is 2.39. The highest BCUT2D eigenvalue weighted by atomic mass is 19.1. The molecule has 0 fully saturated rings. The summed E-state index contributed by atoms with van der Waals surface area (Å²) in [6.45, 7) is 3.30. The summed E-state index contributed by atoms with van der Waals surface area (Å²) >= 11 is 0. The highest BCUT2D eigenvalue weighted by Gasteiger charge is 2.28. The van der Waals surface area contributed by atoms with E-state index in [9.17, 15) is 14.0 Å². The summed E-state index contributed by atoms with van der Waals surface area (Å²) in [7, 11) is 0. The van der Waals surface area contributed by atoms with Crippen LogP contribution in [0.3, 0.4) is 0 Å². The van der Waals surface area contributed by atoms with E-state index in [4.69, 9.17) is 0 Å². The third-order valence-electron chi connectivity index (χ3n) is 5.03. The summed E-state index contributed by atoms with van der Waals surface area (Å²) < 4.78 is 15.9. The molecule has 0 spiro atoms. The van der Waals surface area contributed by atoms with Crippen molar-refractivity contribution in [3.05, 3.63) is 70.8 Å². The predicted octanol–water partition coefficient (Wildman–Crippen LogP) is 4.02. The van der Waals surface area contributed by atoms with E-state index in [2.05, 4.69) is 15.7 Å². The minimum absolute atomic E-state index is 0.187. The van der Waals surface area contributed by atoms with Crippen molar-refractivity contribution < 1.29 is 14.0 Å². The van der Waals surface area contributed by atoms with Gasteiger partial charge in [0.1, 0.15) is 11.5 Å². The lowest BCUT2D eigenvalue weighted by Gasteiger charge is -2.11. The molecule has 1 aliphatic carbocycles. The van der Waals surface area contributed by atoms with Crippen LogP contribution >= 0.6 is 0 Å². The van der Waals surface area contributed by atoms with E-state index in [1.807, 2.05) is 13.0 Å². The number of nitrogens with zero attached hydrogens (tertiary/aromatic N) is 2. The van der Waals surface area contributed by atoms with Gasteiger partial charge in [-0.25, -0.2) is 9.07 Å². The van der Waals surface area contributed by atoms with Crippen molar-refractivity contribution in [1.82, 2.24) is 9.78 Å². The minimum atomic E-state index is -0.379. The number of hydrogen-bond donors (Lipinski definition) is 2. The lowest BCUT2D eigenvalue weighted by atomic mass is 10.1. The van der Waals surface area contributed by atoms with Gasteiger partial charge in [0.2, 0.25) is 5.91 Å². The Morgan fingerprint density at radius 2 is 1.90 bits per heavy atom. The van der Waals surface area contributed by atoms with Gasteiger partial charge < -0.3 is 10.6 Å². The first kappa shape index (κ1) is 18.9. The van der Waals surface area contributed by atoms with Crippen molar-refractivity contribution in [1.29, 1.82) is 0 Å². The van der Waals surface area contributed by atoms with Gasteiger partial charge >= 0.3 is 0 Å². The zero-order valence-corrected chi connectivity index (χ0v) is 16.3. The van der Waals surface area contributed by atoms with Crippen LogP contribution in [0.1, 0.15) is 40.7 Å². The van der Waals surface area contributed by atoms with Gasteiger partial charge in [0.05, 0.1) is 0 Å². The van der Waals surface area contributed by atoms with Gasteiger partial charge in [0, 0.05) is 29.6 Å². The molecule has 1 aliphatic rings. The predicted molar refractivity (Wildman–Crippen MR) is 109 cm³/mol. The number of anilines is 2. The molecule has 0 bridgehead atoms. The van der Waals surface area contributed by atoms with Crippen LogP contribution in [0.25, 0.3) is 5.69 Å². The van der Waals surface area contributed by atoms with Crippen LogP contribution in [-0.4, -0.2) is 21.6 Å². The standard InChI is InChI=1S/C22H21FN4O2/c1-13-10-11-15(24-14(2)28)12-18(13)25-22(29)21-16-6-5-9-19(16)27(26-21)20-8-4-3-7-17(20)23/h3-4,7-8,10-12H,5-6,9H2,1-2H3,(H,24,28)(H,25,29). The van der Waals surface area contributed by atoms with E-state index >= 15 is 0 Å². The first-order valence-corrected chi connectivity index (χ1v) is 9.49. The fourth-order valence-electron chi connectivity index (χ4n) is 3.66. The molecule has 1 aromatic heterocycles. The minimum Gasteiger partial charge on any atom is -0.326 e. The highest BCUT2D eigenvalue weighted by molar-refractivity contribution is 6.05. The van der Waals surface area contributed by atoms with Gasteiger partial charge in [-0.2, -0.15) is 5.10 Å². The Hall–Kier alpha value is -3.48. The van der Waals surface area contributed by atoms with Gasteiger partial charge in [-0.3, -0.25) is 9.59 Å². The topological polar surface area (TPSA) is 76.0 Å². The molecule has 2 N–H and O–H groups in total. The SMILES string of the molecule is CC(=O)Nc1ccc(C)c(NC(=O)c2nn(-c3ccccc3F)c3c2CCC3)c1. The van der Waals surface area contributed by atoms with Crippen LogP contribution in [0.2, 0.25) is 0 Å². The van der Waals surface area contributed by atoms with Crippen LogP contribution < -0.4 is 10.6 Å². The Labute approximate surface area is 167 Å². The van der Waals surface area contributed by atoms with E-state index in [1.165, 1.54) is 13.0 Å². The van der Waals surface area contributed by atoms with Gasteiger partial charge in [-0.05, 0) is 56.0 Å². The van der Waals surface area contributed by atoms with Gasteiger partial charge in [-0.1, -0.05) is 18.2 Å². The molecule has 2 aromatic carbocycles. The zero-order valence-electron chi connectivity index (χ0n) is 16.3. The quantitative estimate of drug-likeness (QED) is 0.704.